The lowest BCUT2D eigenvalue weighted by atomic mass is 9.86. The van der Waals surface area contributed by atoms with Gasteiger partial charge >= 0.3 is 5.97 Å². The van der Waals surface area contributed by atoms with Crippen molar-refractivity contribution in [2.24, 2.45) is 11.8 Å². The Hall–Kier alpha value is -0.570. The highest BCUT2D eigenvalue weighted by Gasteiger charge is 2.47. The van der Waals surface area contributed by atoms with Crippen molar-refractivity contribution in [2.45, 2.75) is 58.7 Å². The van der Waals surface area contributed by atoms with E-state index in [1.165, 1.54) is 0 Å². The van der Waals surface area contributed by atoms with Crippen molar-refractivity contribution in [1.29, 1.82) is 0 Å². The van der Waals surface area contributed by atoms with Crippen molar-refractivity contribution in [1.82, 2.24) is 0 Å². The van der Waals surface area contributed by atoms with Crippen molar-refractivity contribution in [3.05, 3.63) is 0 Å². The van der Waals surface area contributed by atoms with Crippen LogP contribution < -0.4 is 0 Å². The van der Waals surface area contributed by atoms with E-state index in [1.54, 1.807) is 13.8 Å². The molecule has 15 heavy (non-hydrogen) atoms. The largest absolute Gasteiger partial charge is 0.460 e. The highest BCUT2D eigenvalue weighted by Crippen LogP contribution is 2.43. The summed E-state index contributed by atoms with van der Waals surface area (Å²) in [4.78, 5) is 11.8. The summed E-state index contributed by atoms with van der Waals surface area (Å²) in [5, 5.41) is 10.2. The first kappa shape index (κ1) is 12.5. The minimum absolute atomic E-state index is 0.264. The van der Waals surface area contributed by atoms with E-state index in [4.69, 9.17) is 4.74 Å². The Bertz CT molecular complexity index is 246. The van der Waals surface area contributed by atoms with Crippen molar-refractivity contribution in [2.75, 3.05) is 0 Å². The summed E-state index contributed by atoms with van der Waals surface area (Å²) in [6.07, 6.45) is 2.03. The van der Waals surface area contributed by atoms with E-state index in [0.717, 1.165) is 12.8 Å². The van der Waals surface area contributed by atoms with Gasteiger partial charge in [-0.1, -0.05) is 0 Å². The first-order valence-corrected chi connectivity index (χ1v) is 5.60. The lowest BCUT2D eigenvalue weighted by molar-refractivity contribution is -0.169. The van der Waals surface area contributed by atoms with Crippen molar-refractivity contribution >= 4 is 5.97 Å². The van der Waals surface area contributed by atoms with Gasteiger partial charge in [-0.25, -0.2) is 0 Å². The molecule has 0 aromatic carbocycles. The standard InChI is InChI=1S/C12H22O3/c1-8(10(13)15-11(2,3)4)12(5,14)9-6-7-9/h8-9,14H,6-7H2,1-5H3. The van der Waals surface area contributed by atoms with Gasteiger partial charge in [0.15, 0.2) is 0 Å². The predicted molar refractivity (Wildman–Crippen MR) is 58.4 cm³/mol. The van der Waals surface area contributed by atoms with E-state index in [2.05, 4.69) is 0 Å². The lowest BCUT2D eigenvalue weighted by Crippen LogP contribution is -2.42. The fraction of sp³-hybridized carbons (Fsp3) is 0.917. The molecule has 0 saturated heterocycles. The van der Waals surface area contributed by atoms with E-state index in [1.807, 2.05) is 20.8 Å². The molecular formula is C12H22O3. The number of esters is 1. The average Bonchev–Trinajstić information content (AvgIpc) is 2.81. The van der Waals surface area contributed by atoms with Gasteiger partial charge in [-0.2, -0.15) is 0 Å². The van der Waals surface area contributed by atoms with Gasteiger partial charge in [-0.15, -0.1) is 0 Å². The molecule has 1 saturated carbocycles. The van der Waals surface area contributed by atoms with Gasteiger partial charge in [0.25, 0.3) is 0 Å². The molecule has 0 aromatic rings. The zero-order valence-corrected chi connectivity index (χ0v) is 10.3. The highest BCUT2D eigenvalue weighted by molar-refractivity contribution is 5.74. The van der Waals surface area contributed by atoms with Crippen LogP contribution >= 0.6 is 0 Å². The zero-order valence-electron chi connectivity index (χ0n) is 10.3. The highest BCUT2D eigenvalue weighted by atomic mass is 16.6. The number of ether oxygens (including phenoxy) is 1. The number of carbonyl (C=O) groups is 1. The zero-order chi connectivity index (χ0) is 11.9. The Labute approximate surface area is 91.8 Å². The van der Waals surface area contributed by atoms with Gasteiger partial charge in [0.05, 0.1) is 11.5 Å². The molecule has 1 N–H and O–H groups in total. The van der Waals surface area contributed by atoms with E-state index in [0.29, 0.717) is 0 Å². The van der Waals surface area contributed by atoms with Crippen LogP contribution in [0.3, 0.4) is 0 Å². The van der Waals surface area contributed by atoms with Crippen molar-refractivity contribution in [3.8, 4) is 0 Å². The smallest absolute Gasteiger partial charge is 0.312 e. The lowest BCUT2D eigenvalue weighted by Gasteiger charge is -2.31. The number of rotatable bonds is 3. The summed E-state index contributed by atoms with van der Waals surface area (Å²) in [5.74, 6) is -0.497. The average molecular weight is 214 g/mol. The third-order valence-electron chi connectivity index (χ3n) is 3.04. The minimum Gasteiger partial charge on any atom is -0.460 e. The Morgan fingerprint density at radius 1 is 1.33 bits per heavy atom. The van der Waals surface area contributed by atoms with E-state index >= 15 is 0 Å². The molecule has 1 rings (SSSR count). The van der Waals surface area contributed by atoms with Gasteiger partial charge in [0.2, 0.25) is 0 Å². The van der Waals surface area contributed by atoms with E-state index in [-0.39, 0.29) is 11.9 Å². The quantitative estimate of drug-likeness (QED) is 0.732. The molecule has 88 valence electrons. The topological polar surface area (TPSA) is 46.5 Å². The molecule has 1 aliphatic carbocycles. The Morgan fingerprint density at radius 3 is 2.13 bits per heavy atom. The molecule has 0 heterocycles. The maximum Gasteiger partial charge on any atom is 0.312 e. The Kier molecular flexibility index (Phi) is 3.15. The Balaban J connectivity index is 2.59. The Morgan fingerprint density at radius 2 is 1.80 bits per heavy atom. The van der Waals surface area contributed by atoms with E-state index < -0.39 is 17.1 Å². The molecule has 1 aliphatic rings. The molecule has 0 spiro atoms. The second kappa shape index (κ2) is 3.78. The fourth-order valence-electron chi connectivity index (χ4n) is 1.65. The molecule has 2 atom stereocenters. The molecule has 0 aromatic heterocycles. The second-order valence-electron chi connectivity index (χ2n) is 5.76. The third kappa shape index (κ3) is 3.20. The van der Waals surface area contributed by atoms with Crippen LogP contribution in [0.2, 0.25) is 0 Å². The summed E-state index contributed by atoms with van der Waals surface area (Å²) in [6.45, 7) is 8.99. The predicted octanol–water partition coefficient (Wildman–Crippen LogP) is 2.13. The number of carbonyl (C=O) groups excluding carboxylic acids is 1. The second-order valence-corrected chi connectivity index (χ2v) is 5.76. The fourth-order valence-corrected chi connectivity index (χ4v) is 1.65. The molecule has 3 nitrogen and oxygen atoms in total. The molecule has 0 radical (unpaired) electrons. The van der Waals surface area contributed by atoms with Crippen LogP contribution in [0.4, 0.5) is 0 Å². The van der Waals surface area contributed by atoms with Crippen molar-refractivity contribution < 1.29 is 14.6 Å². The van der Waals surface area contributed by atoms with Crippen LogP contribution in [0.5, 0.6) is 0 Å². The number of aliphatic hydroxyl groups is 1. The van der Waals surface area contributed by atoms with Gasteiger partial charge in [-0.3, -0.25) is 4.79 Å². The van der Waals surface area contributed by atoms with Gasteiger partial charge in [-0.05, 0) is 53.4 Å². The molecule has 3 heteroatoms. The third-order valence-corrected chi connectivity index (χ3v) is 3.04. The number of hydrogen-bond acceptors (Lipinski definition) is 3. The molecule has 0 aliphatic heterocycles. The number of hydrogen-bond donors (Lipinski definition) is 1. The summed E-state index contributed by atoms with van der Waals surface area (Å²) < 4.78 is 5.26. The molecule has 1 fully saturated rings. The van der Waals surface area contributed by atoms with E-state index in [9.17, 15) is 9.90 Å². The summed E-state index contributed by atoms with van der Waals surface area (Å²) in [6, 6.07) is 0. The normalized spacial score (nSPS) is 23.1. The maximum absolute atomic E-state index is 11.8. The van der Waals surface area contributed by atoms with Crippen LogP contribution in [-0.2, 0) is 9.53 Å². The van der Waals surface area contributed by atoms with Crippen molar-refractivity contribution in [3.63, 3.8) is 0 Å². The SMILES string of the molecule is CC(C(=O)OC(C)(C)C)C(C)(O)C1CC1. The summed E-state index contributed by atoms with van der Waals surface area (Å²) in [5.41, 5.74) is -1.40. The van der Waals surface area contributed by atoms with Gasteiger partial charge in [0.1, 0.15) is 5.60 Å². The van der Waals surface area contributed by atoms with Gasteiger partial charge in [0, 0.05) is 0 Å². The molecule has 2 unspecified atom stereocenters. The summed E-state index contributed by atoms with van der Waals surface area (Å²) in [7, 11) is 0. The van der Waals surface area contributed by atoms with Gasteiger partial charge < -0.3 is 9.84 Å². The van der Waals surface area contributed by atoms with Crippen LogP contribution in [0.25, 0.3) is 0 Å². The first-order valence-electron chi connectivity index (χ1n) is 5.60. The van der Waals surface area contributed by atoms with Crippen LogP contribution in [0.15, 0.2) is 0 Å². The maximum atomic E-state index is 11.8. The molecular weight excluding hydrogens is 192 g/mol. The monoisotopic (exact) mass is 214 g/mol. The first-order chi connectivity index (χ1) is 6.64. The summed E-state index contributed by atoms with van der Waals surface area (Å²) >= 11 is 0. The van der Waals surface area contributed by atoms with Crippen LogP contribution in [-0.4, -0.2) is 22.3 Å². The van der Waals surface area contributed by atoms with Crippen LogP contribution in [0, 0.1) is 11.8 Å². The molecule has 0 bridgehead atoms. The minimum atomic E-state index is -0.914. The van der Waals surface area contributed by atoms with Crippen LogP contribution in [0.1, 0.15) is 47.5 Å². The molecule has 0 amide bonds.